The monoisotopic (exact) mass is 292 g/mol. The lowest BCUT2D eigenvalue weighted by Crippen LogP contribution is -2.34. The number of thioether (sulfide) groups is 1. The summed E-state index contributed by atoms with van der Waals surface area (Å²) in [5, 5.41) is 2.83. The van der Waals surface area contributed by atoms with E-state index in [4.69, 9.17) is 0 Å². The Morgan fingerprint density at radius 2 is 2.10 bits per heavy atom. The number of aryl methyl sites for hydroxylation is 1. The molecule has 1 heterocycles. The molecule has 20 heavy (non-hydrogen) atoms. The molecular weight excluding hydrogens is 272 g/mol. The minimum atomic E-state index is -0.137. The number of amides is 2. The van der Waals surface area contributed by atoms with E-state index in [1.807, 2.05) is 24.3 Å². The van der Waals surface area contributed by atoms with Crippen molar-refractivity contribution < 1.29 is 9.59 Å². The molecule has 2 rings (SSSR count). The van der Waals surface area contributed by atoms with Crippen molar-refractivity contribution in [2.75, 3.05) is 23.5 Å². The van der Waals surface area contributed by atoms with Gasteiger partial charge < -0.3 is 10.2 Å². The third-order valence-electron chi connectivity index (χ3n) is 3.22. The Kier molecular flexibility index (Phi) is 5.47. The van der Waals surface area contributed by atoms with Gasteiger partial charge in [0.25, 0.3) is 0 Å². The number of carbonyl (C=O) groups excluding carboxylic acids is 2. The lowest BCUT2D eigenvalue weighted by atomic mass is 10.1. The first-order valence-electron chi connectivity index (χ1n) is 6.93. The summed E-state index contributed by atoms with van der Waals surface area (Å²) in [6.07, 6.45) is 3.44. The molecule has 108 valence electrons. The third-order valence-corrected chi connectivity index (χ3v) is 4.16. The first-order valence-corrected chi connectivity index (χ1v) is 8.09. The number of unbranched alkanes of at least 4 members (excludes halogenated alkanes) is 1. The molecule has 0 aliphatic carbocycles. The maximum Gasteiger partial charge on any atom is 0.244 e. The summed E-state index contributed by atoms with van der Waals surface area (Å²) in [6, 6.07) is 7.93. The second kappa shape index (κ2) is 7.33. The van der Waals surface area contributed by atoms with Crippen LogP contribution in [-0.4, -0.2) is 34.9 Å². The normalized spacial score (nSPS) is 14.7. The molecule has 5 heteroatoms. The van der Waals surface area contributed by atoms with E-state index >= 15 is 0 Å². The summed E-state index contributed by atoms with van der Waals surface area (Å²) >= 11 is 1.54. The lowest BCUT2D eigenvalue weighted by Gasteiger charge is -2.14. The predicted molar refractivity (Wildman–Crippen MR) is 82.7 cm³/mol. The second-order valence-electron chi connectivity index (χ2n) is 4.92. The molecule has 1 aromatic rings. The number of hydrogen-bond donors (Lipinski definition) is 1. The number of carbonyl (C=O) groups is 2. The topological polar surface area (TPSA) is 49.4 Å². The maximum atomic E-state index is 11.9. The number of anilines is 1. The molecule has 1 fully saturated rings. The van der Waals surface area contributed by atoms with Crippen molar-refractivity contribution in [2.45, 2.75) is 26.2 Å². The number of rotatable bonds is 6. The quantitative estimate of drug-likeness (QED) is 0.876. The molecule has 0 unspecified atom stereocenters. The lowest BCUT2D eigenvalue weighted by molar-refractivity contribution is -0.130. The van der Waals surface area contributed by atoms with Crippen LogP contribution in [0, 0.1) is 0 Å². The van der Waals surface area contributed by atoms with Crippen molar-refractivity contribution in [3.63, 3.8) is 0 Å². The van der Waals surface area contributed by atoms with Crippen molar-refractivity contribution in [3.8, 4) is 0 Å². The molecular formula is C15H20N2O2S. The Balaban J connectivity index is 1.83. The van der Waals surface area contributed by atoms with Gasteiger partial charge in [0.05, 0.1) is 11.6 Å². The van der Waals surface area contributed by atoms with E-state index in [-0.39, 0.29) is 18.4 Å². The second-order valence-corrected chi connectivity index (χ2v) is 5.87. The first kappa shape index (κ1) is 14.9. The van der Waals surface area contributed by atoms with Gasteiger partial charge in [-0.3, -0.25) is 9.59 Å². The Bertz CT molecular complexity index is 473. The van der Waals surface area contributed by atoms with E-state index in [0.717, 1.165) is 12.1 Å². The Morgan fingerprint density at radius 3 is 2.70 bits per heavy atom. The molecule has 0 radical (unpaired) electrons. The highest BCUT2D eigenvalue weighted by molar-refractivity contribution is 8.00. The fourth-order valence-electron chi connectivity index (χ4n) is 2.05. The summed E-state index contributed by atoms with van der Waals surface area (Å²) in [5.74, 6) is 1.00. The van der Waals surface area contributed by atoms with Crippen molar-refractivity contribution >= 4 is 29.3 Å². The van der Waals surface area contributed by atoms with E-state index in [2.05, 4.69) is 12.2 Å². The minimum Gasteiger partial charge on any atom is -0.325 e. The molecule has 0 aromatic heterocycles. The summed E-state index contributed by atoms with van der Waals surface area (Å²) < 4.78 is 0. The SMILES string of the molecule is CCCCc1ccc(NC(=O)CN2CSCC2=O)cc1. The fourth-order valence-corrected chi connectivity index (χ4v) is 2.95. The van der Waals surface area contributed by atoms with Crippen molar-refractivity contribution in [2.24, 2.45) is 0 Å². The van der Waals surface area contributed by atoms with Gasteiger partial charge in [-0.2, -0.15) is 0 Å². The van der Waals surface area contributed by atoms with Gasteiger partial charge in [-0.15, -0.1) is 11.8 Å². The molecule has 1 aliphatic rings. The Morgan fingerprint density at radius 1 is 1.35 bits per heavy atom. The van der Waals surface area contributed by atoms with Crippen LogP contribution in [0.3, 0.4) is 0 Å². The van der Waals surface area contributed by atoms with Crippen LogP contribution < -0.4 is 5.32 Å². The van der Waals surface area contributed by atoms with Crippen LogP contribution in [0.25, 0.3) is 0 Å². The van der Waals surface area contributed by atoms with Crippen molar-refractivity contribution in [1.82, 2.24) is 4.90 Å². The first-order chi connectivity index (χ1) is 9.69. The molecule has 4 nitrogen and oxygen atoms in total. The van der Waals surface area contributed by atoms with E-state index in [1.54, 1.807) is 16.7 Å². The van der Waals surface area contributed by atoms with Gasteiger partial charge in [0.2, 0.25) is 11.8 Å². The smallest absolute Gasteiger partial charge is 0.244 e. The molecule has 1 aromatic carbocycles. The van der Waals surface area contributed by atoms with Crippen LogP contribution >= 0.6 is 11.8 Å². The fraction of sp³-hybridized carbons (Fsp3) is 0.467. The Labute approximate surface area is 123 Å². The van der Waals surface area contributed by atoms with Crippen molar-refractivity contribution in [1.29, 1.82) is 0 Å². The summed E-state index contributed by atoms with van der Waals surface area (Å²) in [6.45, 7) is 2.32. The van der Waals surface area contributed by atoms with E-state index in [0.29, 0.717) is 11.6 Å². The van der Waals surface area contributed by atoms with Crippen LogP contribution in [0.5, 0.6) is 0 Å². The van der Waals surface area contributed by atoms with Crippen LogP contribution in [-0.2, 0) is 16.0 Å². The standard InChI is InChI=1S/C15H20N2O2S/c1-2-3-4-12-5-7-13(8-6-12)16-14(18)9-17-11-20-10-15(17)19/h5-8H,2-4,9-11H2,1H3,(H,16,18). The third kappa shape index (κ3) is 4.27. The zero-order chi connectivity index (χ0) is 14.4. The van der Waals surface area contributed by atoms with Gasteiger partial charge in [-0.05, 0) is 30.5 Å². The van der Waals surface area contributed by atoms with Gasteiger partial charge in [0.1, 0.15) is 6.54 Å². The highest BCUT2D eigenvalue weighted by atomic mass is 32.2. The molecule has 0 spiro atoms. The largest absolute Gasteiger partial charge is 0.325 e. The van der Waals surface area contributed by atoms with Crippen LogP contribution in [0.15, 0.2) is 24.3 Å². The maximum absolute atomic E-state index is 11.9. The summed E-state index contributed by atoms with van der Waals surface area (Å²) in [5.41, 5.74) is 2.07. The average Bonchev–Trinajstić information content (AvgIpc) is 2.83. The number of benzene rings is 1. The number of hydrogen-bond acceptors (Lipinski definition) is 3. The van der Waals surface area contributed by atoms with Crippen LogP contribution in [0.4, 0.5) is 5.69 Å². The van der Waals surface area contributed by atoms with Gasteiger partial charge in [0.15, 0.2) is 0 Å². The average molecular weight is 292 g/mol. The molecule has 1 aliphatic heterocycles. The summed E-state index contributed by atoms with van der Waals surface area (Å²) in [7, 11) is 0. The van der Waals surface area contributed by atoms with Crippen LogP contribution in [0.2, 0.25) is 0 Å². The molecule has 0 saturated carbocycles. The van der Waals surface area contributed by atoms with E-state index in [1.165, 1.54) is 18.4 Å². The molecule has 1 saturated heterocycles. The van der Waals surface area contributed by atoms with E-state index < -0.39 is 0 Å². The number of nitrogens with one attached hydrogen (secondary N) is 1. The van der Waals surface area contributed by atoms with Gasteiger partial charge in [-0.25, -0.2) is 0 Å². The zero-order valence-electron chi connectivity index (χ0n) is 11.7. The molecule has 0 bridgehead atoms. The van der Waals surface area contributed by atoms with Gasteiger partial charge in [0, 0.05) is 5.69 Å². The zero-order valence-corrected chi connectivity index (χ0v) is 12.5. The predicted octanol–water partition coefficient (Wildman–Crippen LogP) is 2.50. The van der Waals surface area contributed by atoms with Gasteiger partial charge >= 0.3 is 0 Å². The van der Waals surface area contributed by atoms with Crippen LogP contribution in [0.1, 0.15) is 25.3 Å². The van der Waals surface area contributed by atoms with Crippen molar-refractivity contribution in [3.05, 3.63) is 29.8 Å². The molecule has 2 amide bonds. The number of nitrogens with zero attached hydrogens (tertiary/aromatic N) is 1. The Hall–Kier alpha value is -1.49. The highest BCUT2D eigenvalue weighted by Gasteiger charge is 2.22. The highest BCUT2D eigenvalue weighted by Crippen LogP contribution is 2.15. The van der Waals surface area contributed by atoms with Gasteiger partial charge in [-0.1, -0.05) is 25.5 Å². The molecule has 1 N–H and O–H groups in total. The minimum absolute atomic E-state index is 0.0417. The van der Waals surface area contributed by atoms with E-state index in [9.17, 15) is 9.59 Å². The molecule has 0 atom stereocenters. The summed E-state index contributed by atoms with van der Waals surface area (Å²) in [4.78, 5) is 24.9.